The molecule has 0 atom stereocenters. The molecule has 0 aliphatic rings. The zero-order chi connectivity index (χ0) is 3.41. The third kappa shape index (κ3) is 2.39. The summed E-state index contributed by atoms with van der Waals surface area (Å²) in [7, 11) is 0.688. The lowest BCUT2D eigenvalue weighted by Crippen LogP contribution is -1.80. The van der Waals surface area contributed by atoms with Crippen molar-refractivity contribution in [1.29, 1.82) is 0 Å². The molecule has 0 spiro atoms. The maximum atomic E-state index is 8.05. The molecule has 0 saturated carbocycles. The molecule has 0 unspecified atom stereocenters. The first-order valence-corrected chi connectivity index (χ1v) is 4.57. The SMILES string of the molecule is O[SiH2]C[SiH3]. The summed E-state index contributed by atoms with van der Waals surface area (Å²) in [6.45, 7) is 0. The number of hydrogen-bond acceptors (Lipinski definition) is 1. The van der Waals surface area contributed by atoms with Crippen LogP contribution in [0, 0.1) is 0 Å². The van der Waals surface area contributed by atoms with E-state index in [2.05, 4.69) is 0 Å². The lowest BCUT2D eigenvalue weighted by molar-refractivity contribution is 0.607. The molecule has 0 saturated heterocycles. The molecule has 0 amide bonds. The van der Waals surface area contributed by atoms with Crippen LogP contribution >= 0.6 is 0 Å². The van der Waals surface area contributed by atoms with Crippen LogP contribution in [0.1, 0.15) is 0 Å². The van der Waals surface area contributed by atoms with Crippen LogP contribution in [-0.4, -0.2) is 24.8 Å². The van der Waals surface area contributed by atoms with Gasteiger partial charge < -0.3 is 4.80 Å². The summed E-state index contributed by atoms with van der Waals surface area (Å²) in [5.74, 6) is 0. The van der Waals surface area contributed by atoms with Crippen molar-refractivity contribution >= 4 is 20.0 Å². The van der Waals surface area contributed by atoms with Gasteiger partial charge in [-0.15, -0.1) is 0 Å². The van der Waals surface area contributed by atoms with E-state index in [4.69, 9.17) is 4.80 Å². The van der Waals surface area contributed by atoms with Gasteiger partial charge in [0.05, 0.1) is 0 Å². The number of hydrogen-bond donors (Lipinski definition) is 1. The fourth-order valence-corrected chi connectivity index (χ4v) is 0. The van der Waals surface area contributed by atoms with Crippen molar-refractivity contribution in [3.8, 4) is 0 Å². The lowest BCUT2D eigenvalue weighted by atomic mass is 11.9. The second-order valence-corrected chi connectivity index (χ2v) is 5.17. The molecule has 1 N–H and O–H groups in total. The van der Waals surface area contributed by atoms with Crippen LogP contribution in [0.5, 0.6) is 0 Å². The van der Waals surface area contributed by atoms with Crippen LogP contribution in [-0.2, 0) is 0 Å². The fraction of sp³-hybridized carbons (Fsp3) is 1.00. The Morgan fingerprint density at radius 2 is 2.25 bits per heavy atom. The predicted molar refractivity (Wildman–Crippen MR) is 25.5 cm³/mol. The van der Waals surface area contributed by atoms with Crippen LogP contribution in [0.2, 0.25) is 5.67 Å². The third-order valence-corrected chi connectivity index (χ3v) is 2.01. The molecular weight excluding hydrogens is 84.2 g/mol. The van der Waals surface area contributed by atoms with Gasteiger partial charge in [-0.1, -0.05) is 5.67 Å². The molecule has 0 aromatic carbocycles. The second-order valence-electron chi connectivity index (χ2n) is 0.724. The molecule has 3 heteroatoms. The van der Waals surface area contributed by atoms with Gasteiger partial charge >= 0.3 is 0 Å². The smallest absolute Gasteiger partial charge is 0.153 e. The minimum Gasteiger partial charge on any atom is -0.438 e. The highest BCUT2D eigenvalue weighted by Crippen LogP contribution is 1.50. The zero-order valence-electron chi connectivity index (χ0n) is 2.86. The molecule has 0 bridgehead atoms. The van der Waals surface area contributed by atoms with Crippen LogP contribution in [0.4, 0.5) is 0 Å². The lowest BCUT2D eigenvalue weighted by Gasteiger charge is -1.66. The van der Waals surface area contributed by atoms with Crippen LogP contribution in [0.25, 0.3) is 0 Å². The van der Waals surface area contributed by atoms with Crippen molar-refractivity contribution in [1.82, 2.24) is 0 Å². The molecule has 0 aliphatic heterocycles. The fourth-order valence-electron chi connectivity index (χ4n) is 0. The summed E-state index contributed by atoms with van der Waals surface area (Å²) in [6.07, 6.45) is 0. The molecular formula is CH8OSi2. The minimum atomic E-state index is -0.514. The summed E-state index contributed by atoms with van der Waals surface area (Å²) in [5, 5.41) is 0. The van der Waals surface area contributed by atoms with Crippen molar-refractivity contribution in [2.75, 3.05) is 0 Å². The van der Waals surface area contributed by atoms with E-state index in [1.165, 1.54) is 10.2 Å². The summed E-state index contributed by atoms with van der Waals surface area (Å²) < 4.78 is 0. The largest absolute Gasteiger partial charge is 0.438 e. The van der Waals surface area contributed by atoms with Gasteiger partial charge in [0.2, 0.25) is 0 Å². The summed E-state index contributed by atoms with van der Waals surface area (Å²) in [4.78, 5) is 8.05. The van der Waals surface area contributed by atoms with E-state index in [0.29, 0.717) is 0 Å². The van der Waals surface area contributed by atoms with Crippen molar-refractivity contribution in [3.63, 3.8) is 0 Å². The van der Waals surface area contributed by atoms with Crippen molar-refractivity contribution < 1.29 is 4.80 Å². The third-order valence-electron chi connectivity index (χ3n) is 0.224. The van der Waals surface area contributed by atoms with E-state index in [1.54, 1.807) is 0 Å². The van der Waals surface area contributed by atoms with Gasteiger partial charge in [0, 0.05) is 10.2 Å². The summed E-state index contributed by atoms with van der Waals surface area (Å²) in [6, 6.07) is 0. The Labute approximate surface area is 31.4 Å². The first-order chi connectivity index (χ1) is 1.91. The zero-order valence-corrected chi connectivity index (χ0v) is 6.28. The number of rotatable bonds is 1. The topological polar surface area (TPSA) is 20.2 Å². The standard InChI is InChI=1S/CH8OSi2/c2-4-1-3/h2H,1,4H2,3H3. The van der Waals surface area contributed by atoms with Crippen LogP contribution in [0.3, 0.4) is 0 Å². The van der Waals surface area contributed by atoms with Gasteiger partial charge in [-0.25, -0.2) is 0 Å². The molecule has 1 nitrogen and oxygen atoms in total. The minimum absolute atomic E-state index is 0.514. The Kier molecular flexibility index (Phi) is 3.73. The average Bonchev–Trinajstić information content (AvgIpc) is 1.37. The average molecular weight is 92.2 g/mol. The molecule has 0 aliphatic carbocycles. The molecule has 0 fully saturated rings. The van der Waals surface area contributed by atoms with Gasteiger partial charge in [-0.3, -0.25) is 0 Å². The molecule has 4 heavy (non-hydrogen) atoms. The van der Waals surface area contributed by atoms with Gasteiger partial charge in [0.1, 0.15) is 0 Å². The Morgan fingerprint density at radius 3 is 2.25 bits per heavy atom. The van der Waals surface area contributed by atoms with E-state index >= 15 is 0 Å². The Morgan fingerprint density at radius 1 is 2.00 bits per heavy atom. The maximum Gasteiger partial charge on any atom is 0.153 e. The van der Waals surface area contributed by atoms with Gasteiger partial charge in [0.15, 0.2) is 9.76 Å². The van der Waals surface area contributed by atoms with Crippen molar-refractivity contribution in [3.05, 3.63) is 0 Å². The first-order valence-electron chi connectivity index (χ1n) is 1.52. The molecule has 0 aromatic rings. The quantitative estimate of drug-likeness (QED) is 0.364. The van der Waals surface area contributed by atoms with Crippen LogP contribution in [0.15, 0.2) is 0 Å². The second kappa shape index (κ2) is 3.39. The van der Waals surface area contributed by atoms with E-state index in [1.807, 2.05) is 0 Å². The molecule has 0 radical (unpaired) electrons. The Bertz CT molecular complexity index is 8.00. The highest BCUT2D eigenvalue weighted by atomic mass is 28.3. The highest BCUT2D eigenvalue weighted by molar-refractivity contribution is 6.40. The van der Waals surface area contributed by atoms with E-state index in [9.17, 15) is 0 Å². The monoisotopic (exact) mass is 92.0 g/mol. The predicted octanol–water partition coefficient (Wildman–Crippen LogP) is -2.20. The Balaban J connectivity index is 1.97. The highest BCUT2D eigenvalue weighted by Gasteiger charge is 1.61. The summed E-state index contributed by atoms with van der Waals surface area (Å²) in [5.41, 5.74) is 1.15. The van der Waals surface area contributed by atoms with Crippen molar-refractivity contribution in [2.45, 2.75) is 5.67 Å². The molecule has 26 valence electrons. The van der Waals surface area contributed by atoms with E-state index < -0.39 is 9.76 Å². The van der Waals surface area contributed by atoms with Gasteiger partial charge in [-0.05, 0) is 0 Å². The summed E-state index contributed by atoms with van der Waals surface area (Å²) >= 11 is 0. The maximum absolute atomic E-state index is 8.05. The normalized spacial score (nSPS) is 11.2. The van der Waals surface area contributed by atoms with E-state index in [-0.39, 0.29) is 0 Å². The van der Waals surface area contributed by atoms with Gasteiger partial charge in [-0.2, -0.15) is 0 Å². The van der Waals surface area contributed by atoms with E-state index in [0.717, 1.165) is 5.67 Å². The Hall–Kier alpha value is 0.394. The van der Waals surface area contributed by atoms with Crippen LogP contribution < -0.4 is 0 Å². The molecule has 0 heterocycles. The first kappa shape index (κ1) is 4.39. The molecule has 0 rings (SSSR count). The van der Waals surface area contributed by atoms with Crippen molar-refractivity contribution in [2.24, 2.45) is 0 Å². The van der Waals surface area contributed by atoms with Gasteiger partial charge in [0.25, 0.3) is 0 Å². The molecule has 0 aromatic heterocycles.